The van der Waals surface area contributed by atoms with Gasteiger partial charge in [0.1, 0.15) is 0 Å². The van der Waals surface area contributed by atoms with Gasteiger partial charge in [-0.25, -0.2) is 0 Å². The van der Waals surface area contributed by atoms with Crippen molar-refractivity contribution in [3.63, 3.8) is 0 Å². The van der Waals surface area contributed by atoms with Crippen molar-refractivity contribution in [2.24, 2.45) is 0 Å². The number of aromatic amines is 1. The fraction of sp³-hybridized carbons (Fsp3) is 0.667. The molecule has 0 fully saturated rings. The van der Waals surface area contributed by atoms with E-state index >= 15 is 0 Å². The largest absolute Gasteiger partial charge is 0.342 e. The first-order valence-corrected chi connectivity index (χ1v) is 8.54. The highest BCUT2D eigenvalue weighted by atomic mass is 32.2. The van der Waals surface area contributed by atoms with E-state index in [1.54, 1.807) is 11.8 Å². The molecule has 0 aliphatic heterocycles. The van der Waals surface area contributed by atoms with E-state index in [1.165, 1.54) is 11.3 Å². The van der Waals surface area contributed by atoms with Crippen molar-refractivity contribution in [2.75, 3.05) is 19.1 Å². The fourth-order valence-electron chi connectivity index (χ4n) is 1.77. The SMILES string of the molecule is CCC(CSC)N(C)C(=O)Cc1sc(=S)[nH]c1C. The van der Waals surface area contributed by atoms with Crippen molar-refractivity contribution in [1.29, 1.82) is 0 Å². The second-order valence-corrected chi connectivity index (χ2v) is 6.94. The maximum absolute atomic E-state index is 12.2. The fourth-order valence-corrected chi connectivity index (χ4v) is 3.89. The Labute approximate surface area is 122 Å². The summed E-state index contributed by atoms with van der Waals surface area (Å²) in [4.78, 5) is 18.2. The van der Waals surface area contributed by atoms with Gasteiger partial charge in [-0.15, -0.1) is 11.3 Å². The van der Waals surface area contributed by atoms with Crippen molar-refractivity contribution >= 4 is 41.2 Å². The monoisotopic (exact) mass is 304 g/mol. The molecule has 1 aromatic heterocycles. The molecule has 0 saturated carbocycles. The van der Waals surface area contributed by atoms with Gasteiger partial charge in [-0.05, 0) is 31.8 Å². The summed E-state index contributed by atoms with van der Waals surface area (Å²) in [6, 6.07) is 0.319. The van der Waals surface area contributed by atoms with Gasteiger partial charge in [-0.3, -0.25) is 4.79 Å². The minimum absolute atomic E-state index is 0.171. The minimum atomic E-state index is 0.171. The predicted molar refractivity (Wildman–Crippen MR) is 83.2 cm³/mol. The highest BCUT2D eigenvalue weighted by Gasteiger charge is 2.19. The average Bonchev–Trinajstić information content (AvgIpc) is 2.63. The predicted octanol–water partition coefficient (Wildman–Crippen LogP) is 3.26. The van der Waals surface area contributed by atoms with E-state index < -0.39 is 0 Å². The molecule has 1 unspecified atom stereocenters. The van der Waals surface area contributed by atoms with Crippen LogP contribution in [0, 0.1) is 10.9 Å². The van der Waals surface area contributed by atoms with E-state index in [0.29, 0.717) is 12.5 Å². The topological polar surface area (TPSA) is 36.1 Å². The zero-order chi connectivity index (χ0) is 13.7. The lowest BCUT2D eigenvalue weighted by atomic mass is 10.2. The Kier molecular flexibility index (Phi) is 6.38. The van der Waals surface area contributed by atoms with Gasteiger partial charge >= 0.3 is 0 Å². The summed E-state index contributed by atoms with van der Waals surface area (Å²) in [6.07, 6.45) is 3.51. The molecule has 0 aromatic carbocycles. The third-order valence-corrected chi connectivity index (χ3v) is 5.06. The van der Waals surface area contributed by atoms with E-state index in [4.69, 9.17) is 12.2 Å². The molecule has 0 aliphatic rings. The van der Waals surface area contributed by atoms with Crippen LogP contribution in [0.3, 0.4) is 0 Å². The normalized spacial score (nSPS) is 12.4. The van der Waals surface area contributed by atoms with Gasteiger partial charge in [0, 0.05) is 29.4 Å². The van der Waals surface area contributed by atoms with Crippen LogP contribution in [0.15, 0.2) is 0 Å². The molecule has 0 aliphatic carbocycles. The van der Waals surface area contributed by atoms with Gasteiger partial charge in [0.2, 0.25) is 5.91 Å². The minimum Gasteiger partial charge on any atom is -0.342 e. The summed E-state index contributed by atoms with van der Waals surface area (Å²) in [6.45, 7) is 4.09. The molecular formula is C12H20N2OS3. The smallest absolute Gasteiger partial charge is 0.227 e. The Morgan fingerprint density at radius 3 is 2.72 bits per heavy atom. The molecule has 0 bridgehead atoms. The molecule has 18 heavy (non-hydrogen) atoms. The van der Waals surface area contributed by atoms with E-state index in [-0.39, 0.29) is 5.91 Å². The lowest BCUT2D eigenvalue weighted by Crippen LogP contribution is -2.39. The summed E-state index contributed by atoms with van der Waals surface area (Å²) in [5, 5.41) is 0. The first-order valence-electron chi connectivity index (χ1n) is 5.92. The summed E-state index contributed by atoms with van der Waals surface area (Å²) >= 11 is 8.37. The quantitative estimate of drug-likeness (QED) is 0.820. The molecule has 0 radical (unpaired) electrons. The molecule has 6 heteroatoms. The number of aromatic nitrogens is 1. The standard InChI is InChI=1S/C12H20N2OS3/c1-5-9(7-17-4)14(3)11(15)6-10-8(2)13-12(16)18-10/h9H,5-7H2,1-4H3,(H,13,16). The van der Waals surface area contributed by atoms with E-state index in [1.807, 2.05) is 18.9 Å². The average molecular weight is 305 g/mol. The zero-order valence-electron chi connectivity index (χ0n) is 11.3. The molecule has 3 nitrogen and oxygen atoms in total. The summed E-state index contributed by atoms with van der Waals surface area (Å²) in [5.41, 5.74) is 1.02. The Morgan fingerprint density at radius 2 is 2.28 bits per heavy atom. The van der Waals surface area contributed by atoms with Gasteiger partial charge in [0.25, 0.3) is 0 Å². The second kappa shape index (κ2) is 7.31. The van der Waals surface area contributed by atoms with Crippen molar-refractivity contribution in [1.82, 2.24) is 9.88 Å². The van der Waals surface area contributed by atoms with E-state index in [2.05, 4.69) is 18.2 Å². The Balaban J connectivity index is 2.70. The van der Waals surface area contributed by atoms with Crippen molar-refractivity contribution in [3.05, 3.63) is 14.5 Å². The molecule has 1 N–H and O–H groups in total. The first kappa shape index (κ1) is 15.7. The number of likely N-dealkylation sites (N-methyl/N-ethyl adjacent to an activating group) is 1. The van der Waals surface area contributed by atoms with Crippen LogP contribution in [0.4, 0.5) is 0 Å². The number of aryl methyl sites for hydroxylation is 1. The number of amides is 1. The van der Waals surface area contributed by atoms with Crippen LogP contribution in [-0.4, -0.2) is 40.9 Å². The van der Waals surface area contributed by atoms with Gasteiger partial charge in [0.15, 0.2) is 3.95 Å². The molecule has 102 valence electrons. The molecule has 1 heterocycles. The summed E-state index contributed by atoms with van der Waals surface area (Å²) in [7, 11) is 1.90. The molecular weight excluding hydrogens is 284 g/mol. The number of carbonyl (C=O) groups is 1. The number of nitrogens with one attached hydrogen (secondary N) is 1. The number of nitrogens with zero attached hydrogens (tertiary/aromatic N) is 1. The lowest BCUT2D eigenvalue weighted by Gasteiger charge is -2.26. The van der Waals surface area contributed by atoms with Crippen LogP contribution in [0.2, 0.25) is 0 Å². The second-order valence-electron chi connectivity index (χ2n) is 4.26. The van der Waals surface area contributed by atoms with Gasteiger partial charge in [0.05, 0.1) is 6.42 Å². The van der Waals surface area contributed by atoms with Gasteiger partial charge in [-0.2, -0.15) is 11.8 Å². The van der Waals surface area contributed by atoms with E-state index in [9.17, 15) is 4.79 Å². The lowest BCUT2D eigenvalue weighted by molar-refractivity contribution is -0.130. The highest BCUT2D eigenvalue weighted by molar-refractivity contribution is 7.98. The maximum Gasteiger partial charge on any atom is 0.227 e. The van der Waals surface area contributed by atoms with Gasteiger partial charge in [-0.1, -0.05) is 6.92 Å². The third kappa shape index (κ3) is 4.10. The number of thioether (sulfide) groups is 1. The zero-order valence-corrected chi connectivity index (χ0v) is 13.7. The molecule has 1 aromatic rings. The number of carbonyl (C=O) groups excluding carboxylic acids is 1. The van der Waals surface area contributed by atoms with E-state index in [0.717, 1.165) is 26.7 Å². The highest BCUT2D eigenvalue weighted by Crippen LogP contribution is 2.17. The van der Waals surface area contributed by atoms with Crippen LogP contribution in [0.25, 0.3) is 0 Å². The van der Waals surface area contributed by atoms with Crippen molar-refractivity contribution in [3.8, 4) is 0 Å². The number of rotatable bonds is 6. The summed E-state index contributed by atoms with van der Waals surface area (Å²) in [5.74, 6) is 1.16. The van der Waals surface area contributed by atoms with Crippen molar-refractivity contribution in [2.45, 2.75) is 32.7 Å². The van der Waals surface area contributed by atoms with Crippen LogP contribution in [0.5, 0.6) is 0 Å². The Bertz CT molecular complexity index is 452. The van der Waals surface area contributed by atoms with Crippen molar-refractivity contribution < 1.29 is 4.79 Å². The molecule has 1 rings (SSSR count). The van der Waals surface area contributed by atoms with Crippen LogP contribution >= 0.6 is 35.3 Å². The summed E-state index contributed by atoms with van der Waals surface area (Å²) < 4.78 is 0.745. The Hall–Kier alpha value is -0.330. The number of thiazole rings is 1. The molecule has 0 spiro atoms. The van der Waals surface area contributed by atoms with Crippen LogP contribution < -0.4 is 0 Å². The molecule has 1 atom stereocenters. The number of H-pyrrole nitrogens is 1. The van der Waals surface area contributed by atoms with Crippen LogP contribution in [0.1, 0.15) is 23.9 Å². The Morgan fingerprint density at radius 1 is 1.61 bits per heavy atom. The number of hydrogen-bond donors (Lipinski definition) is 1. The van der Waals surface area contributed by atoms with Gasteiger partial charge < -0.3 is 9.88 Å². The molecule has 0 saturated heterocycles. The molecule has 1 amide bonds. The number of hydrogen-bond acceptors (Lipinski definition) is 4. The first-order chi connectivity index (χ1) is 8.49. The van der Waals surface area contributed by atoms with Crippen LogP contribution in [-0.2, 0) is 11.2 Å². The maximum atomic E-state index is 12.2. The third-order valence-electron chi connectivity index (χ3n) is 3.01.